The third-order valence-corrected chi connectivity index (χ3v) is 4.53. The van der Waals surface area contributed by atoms with Crippen LogP contribution in [0.1, 0.15) is 37.5 Å². The van der Waals surface area contributed by atoms with Crippen molar-refractivity contribution in [2.75, 3.05) is 7.05 Å². The zero-order valence-electron chi connectivity index (χ0n) is 10.4. The van der Waals surface area contributed by atoms with Gasteiger partial charge in [0, 0.05) is 12.0 Å². The van der Waals surface area contributed by atoms with Gasteiger partial charge >= 0.3 is 0 Å². The smallest absolute Gasteiger partial charge is 0.230 e. The molecule has 1 aliphatic rings. The maximum atomic E-state index is 5.42. The molecule has 0 radical (unpaired) electrons. The summed E-state index contributed by atoms with van der Waals surface area (Å²) >= 11 is 1.65. The third kappa shape index (κ3) is 2.33. The van der Waals surface area contributed by atoms with Gasteiger partial charge in [-0.05, 0) is 44.2 Å². The van der Waals surface area contributed by atoms with E-state index in [1.807, 2.05) is 24.6 Å². The van der Waals surface area contributed by atoms with Gasteiger partial charge in [-0.15, -0.1) is 11.3 Å². The van der Waals surface area contributed by atoms with Gasteiger partial charge in [0.25, 0.3) is 0 Å². The van der Waals surface area contributed by atoms with Crippen molar-refractivity contribution < 1.29 is 4.52 Å². The van der Waals surface area contributed by atoms with Crippen LogP contribution in [0.2, 0.25) is 0 Å². The average molecular weight is 263 g/mol. The summed E-state index contributed by atoms with van der Waals surface area (Å²) in [6, 6.07) is 4.69. The Morgan fingerprint density at radius 2 is 2.17 bits per heavy atom. The molecule has 0 aromatic carbocycles. The Morgan fingerprint density at radius 3 is 2.83 bits per heavy atom. The van der Waals surface area contributed by atoms with E-state index in [2.05, 4.69) is 15.5 Å². The average Bonchev–Trinajstić information content (AvgIpc) is 3.09. The normalized spacial score (nSPS) is 24.3. The largest absolute Gasteiger partial charge is 0.339 e. The summed E-state index contributed by atoms with van der Waals surface area (Å²) < 4.78 is 5.42. The molecular formula is C13H17N3OS. The Kier molecular flexibility index (Phi) is 3.43. The Hall–Kier alpha value is -1.20. The summed E-state index contributed by atoms with van der Waals surface area (Å²) in [5.41, 5.74) is 0. The van der Waals surface area contributed by atoms with Crippen LogP contribution in [0.5, 0.6) is 0 Å². The van der Waals surface area contributed by atoms with E-state index in [-0.39, 0.29) is 0 Å². The second kappa shape index (κ2) is 5.20. The highest BCUT2D eigenvalue weighted by Crippen LogP contribution is 2.33. The van der Waals surface area contributed by atoms with Gasteiger partial charge in [0.05, 0.1) is 4.88 Å². The number of thiophene rings is 1. The van der Waals surface area contributed by atoms with Gasteiger partial charge in [-0.3, -0.25) is 0 Å². The van der Waals surface area contributed by atoms with E-state index >= 15 is 0 Å². The van der Waals surface area contributed by atoms with Crippen molar-refractivity contribution in [1.82, 2.24) is 15.5 Å². The van der Waals surface area contributed by atoms with Crippen molar-refractivity contribution in [3.05, 3.63) is 23.4 Å². The fourth-order valence-electron chi connectivity index (χ4n) is 2.54. The predicted molar refractivity (Wildman–Crippen MR) is 71.7 cm³/mol. The molecule has 0 saturated heterocycles. The highest BCUT2D eigenvalue weighted by atomic mass is 32.1. The van der Waals surface area contributed by atoms with E-state index in [4.69, 9.17) is 4.52 Å². The molecule has 2 aromatic rings. The molecule has 2 aromatic heterocycles. The Morgan fingerprint density at radius 1 is 1.33 bits per heavy atom. The standard InChI is InChI=1S/C13H17N3OS/c1-14-10-6-4-9(5-7-10)13-15-12(16-17-13)11-3-2-8-18-11/h2-3,8-10,14H,4-7H2,1H3. The molecular weight excluding hydrogens is 246 g/mol. The molecule has 2 heterocycles. The molecule has 1 saturated carbocycles. The molecule has 0 aliphatic heterocycles. The lowest BCUT2D eigenvalue weighted by molar-refractivity contribution is 0.289. The van der Waals surface area contributed by atoms with Crippen LogP contribution in [0.4, 0.5) is 0 Å². The molecule has 1 N–H and O–H groups in total. The highest BCUT2D eigenvalue weighted by Gasteiger charge is 2.25. The monoisotopic (exact) mass is 263 g/mol. The van der Waals surface area contributed by atoms with Crippen LogP contribution in [0.15, 0.2) is 22.0 Å². The minimum absolute atomic E-state index is 0.441. The van der Waals surface area contributed by atoms with Gasteiger partial charge in [0.1, 0.15) is 0 Å². The Labute approximate surface area is 110 Å². The number of nitrogens with zero attached hydrogens (tertiary/aromatic N) is 2. The summed E-state index contributed by atoms with van der Waals surface area (Å²) in [7, 11) is 2.03. The molecule has 1 fully saturated rings. The van der Waals surface area contributed by atoms with Gasteiger partial charge in [0.15, 0.2) is 0 Å². The molecule has 96 valence electrons. The quantitative estimate of drug-likeness (QED) is 0.924. The van der Waals surface area contributed by atoms with Crippen LogP contribution in [0.3, 0.4) is 0 Å². The molecule has 18 heavy (non-hydrogen) atoms. The van der Waals surface area contributed by atoms with Crippen LogP contribution in [0, 0.1) is 0 Å². The lowest BCUT2D eigenvalue weighted by atomic mass is 9.86. The van der Waals surface area contributed by atoms with Crippen LogP contribution in [-0.4, -0.2) is 23.2 Å². The molecule has 0 bridgehead atoms. The topological polar surface area (TPSA) is 51.0 Å². The summed E-state index contributed by atoms with van der Waals surface area (Å²) in [5.74, 6) is 1.99. The van der Waals surface area contributed by atoms with Gasteiger partial charge in [-0.1, -0.05) is 11.2 Å². The van der Waals surface area contributed by atoms with E-state index in [1.54, 1.807) is 11.3 Å². The van der Waals surface area contributed by atoms with Crippen LogP contribution >= 0.6 is 11.3 Å². The second-order valence-electron chi connectivity index (χ2n) is 4.77. The van der Waals surface area contributed by atoms with Crippen molar-refractivity contribution in [3.8, 4) is 10.7 Å². The molecule has 0 atom stereocenters. The fourth-order valence-corrected chi connectivity index (χ4v) is 3.19. The maximum absolute atomic E-state index is 5.42. The minimum atomic E-state index is 0.441. The van der Waals surface area contributed by atoms with E-state index in [0.29, 0.717) is 12.0 Å². The molecule has 0 amide bonds. The number of nitrogens with one attached hydrogen (secondary N) is 1. The zero-order valence-corrected chi connectivity index (χ0v) is 11.2. The van der Waals surface area contributed by atoms with Crippen molar-refractivity contribution >= 4 is 11.3 Å². The van der Waals surface area contributed by atoms with E-state index in [0.717, 1.165) is 29.4 Å². The summed E-state index contributed by atoms with van der Waals surface area (Å²) in [6.07, 6.45) is 4.66. The van der Waals surface area contributed by atoms with Crippen molar-refractivity contribution in [2.45, 2.75) is 37.6 Å². The van der Waals surface area contributed by atoms with Crippen LogP contribution in [-0.2, 0) is 0 Å². The van der Waals surface area contributed by atoms with Gasteiger partial charge in [0.2, 0.25) is 11.7 Å². The van der Waals surface area contributed by atoms with Crippen LogP contribution < -0.4 is 5.32 Å². The maximum Gasteiger partial charge on any atom is 0.230 e. The number of aromatic nitrogens is 2. The Bertz CT molecular complexity index is 486. The molecule has 0 unspecified atom stereocenters. The van der Waals surface area contributed by atoms with Crippen molar-refractivity contribution in [2.24, 2.45) is 0 Å². The predicted octanol–water partition coefficient (Wildman–Crippen LogP) is 3.04. The first-order valence-corrected chi connectivity index (χ1v) is 7.29. The number of rotatable bonds is 3. The highest BCUT2D eigenvalue weighted by molar-refractivity contribution is 7.13. The van der Waals surface area contributed by atoms with Crippen molar-refractivity contribution in [3.63, 3.8) is 0 Å². The lowest BCUT2D eigenvalue weighted by Crippen LogP contribution is -2.29. The number of hydrogen-bond donors (Lipinski definition) is 1. The zero-order chi connectivity index (χ0) is 12.4. The first-order valence-electron chi connectivity index (χ1n) is 6.41. The molecule has 4 nitrogen and oxygen atoms in total. The minimum Gasteiger partial charge on any atom is -0.339 e. The molecule has 1 aliphatic carbocycles. The summed E-state index contributed by atoms with van der Waals surface area (Å²) in [4.78, 5) is 5.62. The molecule has 3 rings (SSSR count). The van der Waals surface area contributed by atoms with Gasteiger partial charge in [-0.25, -0.2) is 0 Å². The number of hydrogen-bond acceptors (Lipinski definition) is 5. The van der Waals surface area contributed by atoms with Gasteiger partial charge in [-0.2, -0.15) is 4.98 Å². The fraction of sp³-hybridized carbons (Fsp3) is 0.538. The van der Waals surface area contributed by atoms with Crippen molar-refractivity contribution in [1.29, 1.82) is 0 Å². The first-order chi connectivity index (χ1) is 8.86. The Balaban J connectivity index is 1.71. The molecule has 5 heteroatoms. The first kappa shape index (κ1) is 11.9. The van der Waals surface area contributed by atoms with E-state index in [9.17, 15) is 0 Å². The SMILES string of the molecule is CNC1CCC(c2nc(-c3cccs3)no2)CC1. The van der Waals surface area contributed by atoms with E-state index in [1.165, 1.54) is 12.8 Å². The second-order valence-corrected chi connectivity index (χ2v) is 5.72. The third-order valence-electron chi connectivity index (χ3n) is 3.67. The summed E-state index contributed by atoms with van der Waals surface area (Å²) in [5, 5.41) is 9.45. The van der Waals surface area contributed by atoms with E-state index < -0.39 is 0 Å². The van der Waals surface area contributed by atoms with Gasteiger partial charge < -0.3 is 9.84 Å². The lowest BCUT2D eigenvalue weighted by Gasteiger charge is -2.25. The summed E-state index contributed by atoms with van der Waals surface area (Å²) in [6.45, 7) is 0. The van der Waals surface area contributed by atoms with Crippen LogP contribution in [0.25, 0.3) is 10.7 Å². The molecule has 0 spiro atoms.